The van der Waals surface area contributed by atoms with Gasteiger partial charge in [0.25, 0.3) is 0 Å². The first-order valence-corrected chi connectivity index (χ1v) is 16.0. The van der Waals surface area contributed by atoms with Gasteiger partial charge in [0, 0.05) is 24.0 Å². The maximum absolute atomic E-state index is 11.9. The fourth-order valence-electron chi connectivity index (χ4n) is 4.61. The lowest BCUT2D eigenvalue weighted by molar-refractivity contribution is -0.123. The maximum Gasteiger partial charge on any atom is 0.338 e. The minimum atomic E-state index is -0.370. The monoisotopic (exact) mass is 704 g/mol. The molecule has 2 N–H and O–H groups in total. The number of carbonyl (C=O) groups is 3. The predicted octanol–water partition coefficient (Wildman–Crippen LogP) is 5.75. The zero-order valence-corrected chi connectivity index (χ0v) is 28.9. The van der Waals surface area contributed by atoms with Crippen molar-refractivity contribution in [3.8, 4) is 10.6 Å². The van der Waals surface area contributed by atoms with Crippen LogP contribution < -0.4 is 5.73 Å². The van der Waals surface area contributed by atoms with Gasteiger partial charge in [-0.2, -0.15) is 0 Å². The zero-order chi connectivity index (χ0) is 32.6. The van der Waals surface area contributed by atoms with Crippen molar-refractivity contribution in [1.82, 2.24) is 4.98 Å². The molecule has 2 aliphatic heterocycles. The lowest BCUT2D eigenvalue weighted by atomic mass is 10.00. The Morgan fingerprint density at radius 1 is 0.909 bits per heavy atom. The molecule has 1 unspecified atom stereocenters. The number of thiazole rings is 1. The van der Waals surface area contributed by atoms with Gasteiger partial charge >= 0.3 is 11.9 Å². The standard InChI is InChI=1S/C16H17NO3S.C11H13NO2S.C5H7BrO2/c1-9-6-10(2)12(16(18)19-3)7-11(9)15-17-13-4-5-20-8-14(13)21-15;1-6-4-7(2)9(11(13)14-3)5-8(6)10(12)15;6-4-3-8-2-1-5(4)7/h6-7H,4-5,8H2,1-3H3;4-5H,1-3H3,(H2,12,15);4H,1-3H2. The van der Waals surface area contributed by atoms with E-state index in [1.807, 2.05) is 45.9 Å². The molecule has 0 spiro atoms. The van der Waals surface area contributed by atoms with Crippen LogP contribution in [-0.4, -0.2) is 66.6 Å². The van der Waals surface area contributed by atoms with Crippen molar-refractivity contribution in [2.45, 2.75) is 52.0 Å². The molecular formula is C32H37BrN2O7S2. The maximum atomic E-state index is 11.9. The molecule has 0 amide bonds. The van der Waals surface area contributed by atoms with Gasteiger partial charge in [-0.3, -0.25) is 4.79 Å². The number of esters is 2. The third kappa shape index (κ3) is 9.01. The molecule has 236 valence electrons. The molecule has 12 heteroatoms. The number of nitrogens with two attached hydrogens (primary N) is 1. The molecule has 9 nitrogen and oxygen atoms in total. The van der Waals surface area contributed by atoms with E-state index in [1.165, 1.54) is 19.1 Å². The number of aromatic nitrogens is 1. The predicted molar refractivity (Wildman–Crippen MR) is 178 cm³/mol. The highest BCUT2D eigenvalue weighted by Gasteiger charge is 2.20. The Morgan fingerprint density at radius 2 is 1.48 bits per heavy atom. The number of nitrogens with zero attached hydrogens (tertiary/aromatic N) is 1. The Morgan fingerprint density at radius 3 is 2.00 bits per heavy atom. The van der Waals surface area contributed by atoms with Crippen molar-refractivity contribution in [2.75, 3.05) is 34.0 Å². The fraction of sp³-hybridized carbons (Fsp3) is 0.406. The van der Waals surface area contributed by atoms with Crippen molar-refractivity contribution in [2.24, 2.45) is 5.73 Å². The first kappa shape index (κ1) is 35.4. The van der Waals surface area contributed by atoms with Crippen LogP contribution in [0.4, 0.5) is 0 Å². The molecule has 1 saturated heterocycles. The Hall–Kier alpha value is -3.03. The Bertz CT molecular complexity index is 1530. The van der Waals surface area contributed by atoms with Crippen molar-refractivity contribution in [3.63, 3.8) is 0 Å². The van der Waals surface area contributed by atoms with Crippen molar-refractivity contribution in [3.05, 3.63) is 73.8 Å². The molecule has 0 saturated carbocycles. The van der Waals surface area contributed by atoms with Crippen LogP contribution in [0.25, 0.3) is 10.6 Å². The summed E-state index contributed by atoms with van der Waals surface area (Å²) < 4.78 is 20.0. The van der Waals surface area contributed by atoms with Crippen LogP contribution in [0.3, 0.4) is 0 Å². The van der Waals surface area contributed by atoms with Gasteiger partial charge in [0.05, 0.1) is 67.2 Å². The average Bonchev–Trinajstić information content (AvgIpc) is 3.42. The van der Waals surface area contributed by atoms with Crippen LogP contribution in [-0.2, 0) is 36.8 Å². The number of benzene rings is 2. The summed E-state index contributed by atoms with van der Waals surface area (Å²) in [4.78, 5) is 40.1. The summed E-state index contributed by atoms with van der Waals surface area (Å²) in [7, 11) is 2.75. The van der Waals surface area contributed by atoms with Crippen molar-refractivity contribution in [1.29, 1.82) is 0 Å². The fourth-order valence-corrected chi connectivity index (χ4v) is 6.37. The van der Waals surface area contributed by atoms with Crippen LogP contribution in [0, 0.1) is 27.7 Å². The molecular weight excluding hydrogens is 668 g/mol. The molecule has 1 atom stereocenters. The molecule has 0 radical (unpaired) electrons. The zero-order valence-electron chi connectivity index (χ0n) is 25.7. The number of halogens is 1. The number of thiocarbonyl (C=S) groups is 1. The molecule has 44 heavy (non-hydrogen) atoms. The van der Waals surface area contributed by atoms with Gasteiger partial charge < -0.3 is 24.7 Å². The molecule has 3 aromatic rings. The number of rotatable bonds is 4. The van der Waals surface area contributed by atoms with E-state index in [0.29, 0.717) is 37.4 Å². The molecule has 2 aliphatic rings. The molecule has 0 aliphatic carbocycles. The summed E-state index contributed by atoms with van der Waals surface area (Å²) in [5.41, 5.74) is 13.4. The van der Waals surface area contributed by atoms with E-state index >= 15 is 0 Å². The normalized spacial score (nSPS) is 15.5. The number of ether oxygens (including phenoxy) is 4. The van der Waals surface area contributed by atoms with Crippen LogP contribution in [0.5, 0.6) is 0 Å². The van der Waals surface area contributed by atoms with Gasteiger partial charge in [0.1, 0.15) is 10.00 Å². The van der Waals surface area contributed by atoms with E-state index in [1.54, 1.807) is 17.4 Å². The summed E-state index contributed by atoms with van der Waals surface area (Å²) in [6, 6.07) is 7.46. The van der Waals surface area contributed by atoms with Crippen LogP contribution >= 0.6 is 39.5 Å². The lowest BCUT2D eigenvalue weighted by Gasteiger charge is -2.14. The van der Waals surface area contributed by atoms with E-state index < -0.39 is 0 Å². The van der Waals surface area contributed by atoms with Crippen LogP contribution in [0.15, 0.2) is 24.3 Å². The summed E-state index contributed by atoms with van der Waals surface area (Å²) >= 11 is 9.73. The largest absolute Gasteiger partial charge is 0.465 e. The second-order valence-corrected chi connectivity index (χ2v) is 12.9. The number of hydrogen-bond acceptors (Lipinski definition) is 10. The van der Waals surface area contributed by atoms with Gasteiger partial charge in [-0.05, 0) is 62.1 Å². The summed E-state index contributed by atoms with van der Waals surface area (Å²) in [5, 5.41) is 0.952. The summed E-state index contributed by atoms with van der Waals surface area (Å²) in [6.45, 7) is 10.2. The number of aryl methyl sites for hydroxylation is 4. The summed E-state index contributed by atoms with van der Waals surface area (Å²) in [5.74, 6) is -0.417. The van der Waals surface area contributed by atoms with Gasteiger partial charge in [-0.15, -0.1) is 11.3 Å². The Kier molecular flexibility index (Phi) is 13.2. The molecule has 1 aromatic heterocycles. The number of alkyl halides is 1. The first-order valence-electron chi connectivity index (χ1n) is 13.9. The number of ketones is 1. The number of Topliss-reactive ketones (excluding diaryl/α,β-unsaturated/α-hetero) is 1. The SMILES string of the molecule is COC(=O)c1cc(-c2nc3c(s2)COCC3)c(C)cc1C.COC(=O)c1cc(C(N)=S)c(C)cc1C.O=C1CCOCC1Br. The second-order valence-electron chi connectivity index (χ2n) is 10.3. The number of hydrogen-bond donors (Lipinski definition) is 1. The van der Waals surface area contributed by atoms with Crippen molar-refractivity contribution < 1.29 is 33.3 Å². The third-order valence-electron chi connectivity index (χ3n) is 7.05. The highest BCUT2D eigenvalue weighted by molar-refractivity contribution is 9.10. The van der Waals surface area contributed by atoms with E-state index in [0.717, 1.165) is 57.1 Å². The van der Waals surface area contributed by atoms with Crippen molar-refractivity contribution >= 4 is 62.2 Å². The van der Waals surface area contributed by atoms with E-state index in [2.05, 4.69) is 20.7 Å². The van der Waals surface area contributed by atoms with Gasteiger partial charge in [-0.1, -0.05) is 40.3 Å². The topological polar surface area (TPSA) is 127 Å². The highest BCUT2D eigenvalue weighted by Crippen LogP contribution is 2.34. The molecule has 0 bridgehead atoms. The highest BCUT2D eigenvalue weighted by atomic mass is 79.9. The third-order valence-corrected chi connectivity index (χ3v) is 9.15. The quantitative estimate of drug-likeness (QED) is 0.204. The van der Waals surface area contributed by atoms with Crippen LogP contribution in [0.1, 0.15) is 65.5 Å². The molecule has 3 heterocycles. The number of carbonyl (C=O) groups excluding carboxylic acids is 3. The minimum absolute atomic E-state index is 0.0451. The molecule has 1 fully saturated rings. The van der Waals surface area contributed by atoms with E-state index in [4.69, 9.17) is 37.1 Å². The Balaban J connectivity index is 0.000000200. The van der Waals surface area contributed by atoms with Crippen LogP contribution in [0.2, 0.25) is 0 Å². The minimum Gasteiger partial charge on any atom is -0.465 e. The number of fused-ring (bicyclic) bond motifs is 1. The summed E-state index contributed by atoms with van der Waals surface area (Å²) in [6.07, 6.45) is 1.43. The van der Waals surface area contributed by atoms with E-state index in [9.17, 15) is 14.4 Å². The van der Waals surface area contributed by atoms with E-state index in [-0.39, 0.29) is 27.5 Å². The second kappa shape index (κ2) is 16.3. The number of methoxy groups -OCH3 is 2. The average molecular weight is 706 g/mol. The van der Waals surface area contributed by atoms with Gasteiger partial charge in [0.2, 0.25) is 0 Å². The Labute approximate surface area is 275 Å². The molecule has 2 aromatic carbocycles. The molecule has 5 rings (SSSR count). The van der Waals surface area contributed by atoms with Gasteiger partial charge in [0.15, 0.2) is 5.78 Å². The first-order chi connectivity index (χ1) is 20.9. The smallest absolute Gasteiger partial charge is 0.338 e. The lowest BCUT2D eigenvalue weighted by Crippen LogP contribution is -2.27. The van der Waals surface area contributed by atoms with Gasteiger partial charge in [-0.25, -0.2) is 14.6 Å².